The monoisotopic (exact) mass is 221 g/mol. The lowest BCUT2D eigenvalue weighted by atomic mass is 9.84. The molecule has 2 unspecified atom stereocenters. The Hall–Kier alpha value is -0.760. The Morgan fingerprint density at radius 1 is 1.25 bits per heavy atom. The van der Waals surface area contributed by atoms with Crippen LogP contribution in [0.1, 0.15) is 57.6 Å². The number of furan rings is 1. The van der Waals surface area contributed by atoms with Crippen molar-refractivity contribution in [1.29, 1.82) is 0 Å². The second-order valence-electron chi connectivity index (χ2n) is 5.13. The molecule has 1 N–H and O–H groups in total. The van der Waals surface area contributed by atoms with Gasteiger partial charge in [0.25, 0.3) is 0 Å². The van der Waals surface area contributed by atoms with Crippen molar-refractivity contribution in [2.24, 2.45) is 5.92 Å². The molecule has 90 valence electrons. The molecular formula is C14H23NO. The molecule has 1 aliphatic carbocycles. The van der Waals surface area contributed by atoms with Crippen LogP contribution in [0.2, 0.25) is 0 Å². The minimum atomic E-state index is 0.399. The molecule has 1 aliphatic rings. The van der Waals surface area contributed by atoms with E-state index in [1.807, 2.05) is 12.3 Å². The Balaban J connectivity index is 1.84. The van der Waals surface area contributed by atoms with Gasteiger partial charge in [-0.25, -0.2) is 0 Å². The molecule has 0 bridgehead atoms. The number of nitrogens with one attached hydrogen (secondary N) is 1. The fourth-order valence-corrected chi connectivity index (χ4v) is 2.78. The summed E-state index contributed by atoms with van der Waals surface area (Å²) in [5, 5.41) is 3.69. The Bertz CT molecular complexity index is 288. The van der Waals surface area contributed by atoms with Crippen LogP contribution < -0.4 is 5.32 Å². The van der Waals surface area contributed by atoms with Gasteiger partial charge in [0.1, 0.15) is 0 Å². The van der Waals surface area contributed by atoms with E-state index in [9.17, 15) is 0 Å². The van der Waals surface area contributed by atoms with Crippen molar-refractivity contribution in [2.45, 2.75) is 58.0 Å². The summed E-state index contributed by atoms with van der Waals surface area (Å²) in [6, 6.07) is 3.06. The van der Waals surface area contributed by atoms with Crippen molar-refractivity contribution in [3.8, 4) is 0 Å². The zero-order valence-electron chi connectivity index (χ0n) is 10.4. The molecule has 2 heteroatoms. The first kappa shape index (κ1) is 11.7. The van der Waals surface area contributed by atoms with Gasteiger partial charge in [0.05, 0.1) is 12.5 Å². The molecule has 1 heterocycles. The molecule has 0 spiro atoms. The predicted octanol–water partition coefficient (Wildman–Crippen LogP) is 3.90. The molecule has 16 heavy (non-hydrogen) atoms. The fraction of sp³-hybridized carbons (Fsp3) is 0.714. The molecule has 0 saturated heterocycles. The third kappa shape index (κ3) is 2.88. The molecule has 1 aromatic rings. The maximum Gasteiger partial charge on any atom is 0.0950 e. The zero-order chi connectivity index (χ0) is 11.4. The Kier molecular flexibility index (Phi) is 4.05. The SMILES string of the molecule is CC(NC(C)C1CCCCC1)c1ccoc1. The molecule has 0 amide bonds. The fourth-order valence-electron chi connectivity index (χ4n) is 2.78. The molecule has 2 rings (SSSR count). The first-order valence-electron chi connectivity index (χ1n) is 6.55. The topological polar surface area (TPSA) is 25.2 Å². The van der Waals surface area contributed by atoms with E-state index >= 15 is 0 Å². The minimum absolute atomic E-state index is 0.399. The quantitative estimate of drug-likeness (QED) is 0.834. The van der Waals surface area contributed by atoms with Gasteiger partial charge in [0.15, 0.2) is 0 Å². The highest BCUT2D eigenvalue weighted by atomic mass is 16.3. The summed E-state index contributed by atoms with van der Waals surface area (Å²) >= 11 is 0. The average molecular weight is 221 g/mol. The van der Waals surface area contributed by atoms with Crippen molar-refractivity contribution in [3.05, 3.63) is 24.2 Å². The molecule has 2 atom stereocenters. The number of hydrogen-bond donors (Lipinski definition) is 1. The molecule has 0 aromatic carbocycles. The second-order valence-corrected chi connectivity index (χ2v) is 5.13. The number of rotatable bonds is 4. The minimum Gasteiger partial charge on any atom is -0.472 e. The molecule has 0 radical (unpaired) electrons. The van der Waals surface area contributed by atoms with E-state index < -0.39 is 0 Å². The van der Waals surface area contributed by atoms with Crippen molar-refractivity contribution < 1.29 is 4.42 Å². The third-order valence-corrected chi connectivity index (χ3v) is 3.91. The van der Waals surface area contributed by atoms with Crippen molar-refractivity contribution in [3.63, 3.8) is 0 Å². The predicted molar refractivity (Wildman–Crippen MR) is 66.3 cm³/mol. The summed E-state index contributed by atoms with van der Waals surface area (Å²) in [5.74, 6) is 0.864. The molecule has 1 aromatic heterocycles. The maximum absolute atomic E-state index is 5.12. The Morgan fingerprint density at radius 3 is 2.62 bits per heavy atom. The first-order chi connectivity index (χ1) is 7.77. The van der Waals surface area contributed by atoms with Gasteiger partial charge in [-0.3, -0.25) is 0 Å². The Labute approximate surface area is 98.4 Å². The van der Waals surface area contributed by atoms with Crippen LogP contribution in [0.15, 0.2) is 23.0 Å². The summed E-state index contributed by atoms with van der Waals surface area (Å²) in [5.41, 5.74) is 1.25. The molecule has 1 saturated carbocycles. The highest BCUT2D eigenvalue weighted by Gasteiger charge is 2.21. The van der Waals surface area contributed by atoms with E-state index in [2.05, 4.69) is 19.2 Å². The van der Waals surface area contributed by atoms with Crippen LogP contribution in [0.4, 0.5) is 0 Å². The lowest BCUT2D eigenvalue weighted by Crippen LogP contribution is -2.36. The van der Waals surface area contributed by atoms with E-state index in [1.54, 1.807) is 6.26 Å². The van der Waals surface area contributed by atoms with Gasteiger partial charge >= 0.3 is 0 Å². The standard InChI is InChI=1S/C14H23NO/c1-11(13-6-4-3-5-7-13)15-12(2)14-8-9-16-10-14/h8-13,15H,3-7H2,1-2H3. The van der Waals surface area contributed by atoms with Crippen LogP contribution in [-0.4, -0.2) is 6.04 Å². The highest BCUT2D eigenvalue weighted by molar-refractivity contribution is 5.10. The summed E-state index contributed by atoms with van der Waals surface area (Å²) in [6.07, 6.45) is 10.6. The molecule has 2 nitrogen and oxygen atoms in total. The van der Waals surface area contributed by atoms with Crippen molar-refractivity contribution in [1.82, 2.24) is 5.32 Å². The molecule has 0 aliphatic heterocycles. The summed E-state index contributed by atoms with van der Waals surface area (Å²) < 4.78 is 5.12. The molecular weight excluding hydrogens is 198 g/mol. The van der Waals surface area contributed by atoms with Gasteiger partial charge < -0.3 is 9.73 Å². The highest BCUT2D eigenvalue weighted by Crippen LogP contribution is 2.27. The van der Waals surface area contributed by atoms with E-state index in [1.165, 1.54) is 37.7 Å². The van der Waals surface area contributed by atoms with Crippen LogP contribution in [0, 0.1) is 5.92 Å². The van der Waals surface area contributed by atoms with Gasteiger partial charge in [-0.05, 0) is 38.7 Å². The molecule has 1 fully saturated rings. The zero-order valence-corrected chi connectivity index (χ0v) is 10.4. The first-order valence-corrected chi connectivity index (χ1v) is 6.55. The van der Waals surface area contributed by atoms with Gasteiger partial charge in [-0.1, -0.05) is 19.3 Å². The number of hydrogen-bond acceptors (Lipinski definition) is 2. The van der Waals surface area contributed by atoms with Gasteiger partial charge in [0, 0.05) is 17.6 Å². The lowest BCUT2D eigenvalue weighted by Gasteiger charge is -2.30. The second kappa shape index (κ2) is 5.53. The average Bonchev–Trinajstić information content (AvgIpc) is 2.83. The van der Waals surface area contributed by atoms with E-state index in [-0.39, 0.29) is 0 Å². The van der Waals surface area contributed by atoms with Crippen molar-refractivity contribution in [2.75, 3.05) is 0 Å². The van der Waals surface area contributed by atoms with Crippen LogP contribution in [0.3, 0.4) is 0 Å². The Morgan fingerprint density at radius 2 is 2.00 bits per heavy atom. The normalized spacial score (nSPS) is 21.9. The van der Waals surface area contributed by atoms with Crippen LogP contribution in [-0.2, 0) is 0 Å². The van der Waals surface area contributed by atoms with E-state index in [0.717, 1.165) is 5.92 Å². The smallest absolute Gasteiger partial charge is 0.0950 e. The maximum atomic E-state index is 5.12. The summed E-state index contributed by atoms with van der Waals surface area (Å²) in [6.45, 7) is 4.54. The van der Waals surface area contributed by atoms with Crippen LogP contribution >= 0.6 is 0 Å². The van der Waals surface area contributed by atoms with Gasteiger partial charge in [0.2, 0.25) is 0 Å². The summed E-state index contributed by atoms with van der Waals surface area (Å²) in [7, 11) is 0. The lowest BCUT2D eigenvalue weighted by molar-refractivity contribution is 0.268. The van der Waals surface area contributed by atoms with Crippen molar-refractivity contribution >= 4 is 0 Å². The van der Waals surface area contributed by atoms with E-state index in [4.69, 9.17) is 4.42 Å². The summed E-state index contributed by atoms with van der Waals surface area (Å²) in [4.78, 5) is 0. The van der Waals surface area contributed by atoms with E-state index in [0.29, 0.717) is 12.1 Å². The van der Waals surface area contributed by atoms with Gasteiger partial charge in [-0.2, -0.15) is 0 Å². The van der Waals surface area contributed by atoms with Crippen LogP contribution in [0.5, 0.6) is 0 Å². The van der Waals surface area contributed by atoms with Crippen LogP contribution in [0.25, 0.3) is 0 Å². The van der Waals surface area contributed by atoms with Gasteiger partial charge in [-0.15, -0.1) is 0 Å². The third-order valence-electron chi connectivity index (χ3n) is 3.91. The largest absolute Gasteiger partial charge is 0.472 e.